The molecule has 510 valence electrons. The van der Waals surface area contributed by atoms with Gasteiger partial charge in [-0.2, -0.15) is 46.7 Å². The van der Waals surface area contributed by atoms with E-state index in [2.05, 4.69) is 0 Å². The number of aliphatic carboxylic acids is 1. The van der Waals surface area contributed by atoms with Gasteiger partial charge in [-0.3, -0.25) is 27.6 Å². The SMILES string of the molecule is COCCOCCOCCOCC[N+]1=C(C=CC=CC=CC=C2N(CCCCCC(=O)O)c3ccc4c(S(=O)(=O)O)cc(S(=O)(=O)O)cc4c3C2(C)CCOCCOCCOCCOC)C(C)(CCCS(=O)(=O)O)c2c1ccc1c(S(=O)(=O)O)cc(S(=O)(=O)O)cc21. The van der Waals surface area contributed by atoms with Crippen LogP contribution in [0.15, 0.2) is 116 Å². The van der Waals surface area contributed by atoms with Gasteiger partial charge in [-0.05, 0) is 105 Å². The van der Waals surface area contributed by atoms with Crippen LogP contribution >= 0.6 is 0 Å². The summed E-state index contributed by atoms with van der Waals surface area (Å²) in [6.07, 6.45) is 13.1. The Morgan fingerprint density at radius 1 is 0.511 bits per heavy atom. The van der Waals surface area contributed by atoms with E-state index < -0.39 is 92.7 Å². The fourth-order valence-corrected chi connectivity index (χ4v) is 14.5. The molecule has 0 saturated carbocycles. The molecule has 0 aromatic heterocycles. The number of fused-ring (bicyclic) bond motifs is 6. The molecular formula is C60H81N2O25S5+. The third-order valence-corrected chi connectivity index (χ3v) is 19.8. The number of carboxylic acid groups (broad SMARTS) is 1. The number of anilines is 1. The van der Waals surface area contributed by atoms with Crippen molar-refractivity contribution >= 4 is 95.2 Å². The number of hydrogen-bond donors (Lipinski definition) is 6. The van der Waals surface area contributed by atoms with E-state index in [9.17, 15) is 74.8 Å². The molecular weight excluding hydrogens is 1310 g/mol. The summed E-state index contributed by atoms with van der Waals surface area (Å²) in [5, 5.41) is 9.31. The molecule has 2 unspecified atom stereocenters. The third kappa shape index (κ3) is 20.5. The van der Waals surface area contributed by atoms with E-state index in [4.69, 9.17) is 37.9 Å². The molecule has 0 spiro atoms. The lowest BCUT2D eigenvalue weighted by atomic mass is 9.74. The first-order chi connectivity index (χ1) is 43.4. The average molecular weight is 1390 g/mol. The number of allylic oxidation sites excluding steroid dienone is 8. The number of hydrogen-bond acceptors (Lipinski definition) is 20. The highest BCUT2D eigenvalue weighted by Crippen LogP contribution is 2.54. The van der Waals surface area contributed by atoms with Crippen LogP contribution in [0.1, 0.15) is 69.9 Å². The monoisotopic (exact) mass is 1390 g/mol. The smallest absolute Gasteiger partial charge is 0.303 e. The molecule has 2 aliphatic heterocycles. The van der Waals surface area contributed by atoms with Crippen molar-refractivity contribution < 1.29 is 117 Å². The van der Waals surface area contributed by atoms with Crippen molar-refractivity contribution in [3.05, 3.63) is 108 Å². The molecule has 2 heterocycles. The fourth-order valence-electron chi connectivity index (χ4n) is 11.3. The van der Waals surface area contributed by atoms with E-state index in [-0.39, 0.29) is 107 Å². The van der Waals surface area contributed by atoms with Crippen LogP contribution in [-0.4, -0.2) is 212 Å². The summed E-state index contributed by atoms with van der Waals surface area (Å²) in [6, 6.07) is 9.49. The van der Waals surface area contributed by atoms with Crippen molar-refractivity contribution in [3.63, 3.8) is 0 Å². The van der Waals surface area contributed by atoms with Crippen LogP contribution < -0.4 is 4.90 Å². The molecule has 6 N–H and O–H groups in total. The van der Waals surface area contributed by atoms with Crippen LogP contribution in [0, 0.1) is 0 Å². The normalized spacial score (nSPS) is 17.9. The number of ether oxygens (including phenoxy) is 8. The third-order valence-electron chi connectivity index (χ3n) is 15.5. The zero-order valence-electron chi connectivity index (χ0n) is 51.5. The number of rotatable bonds is 42. The molecule has 27 nitrogen and oxygen atoms in total. The number of carboxylic acids is 1. The lowest BCUT2D eigenvalue weighted by Gasteiger charge is -2.31. The molecule has 0 radical (unpaired) electrons. The minimum Gasteiger partial charge on any atom is -0.481 e. The summed E-state index contributed by atoms with van der Waals surface area (Å²) in [6.45, 7) is 7.68. The summed E-state index contributed by atoms with van der Waals surface area (Å²) in [7, 11) is -21.8. The van der Waals surface area contributed by atoms with Crippen LogP contribution in [0.3, 0.4) is 0 Å². The van der Waals surface area contributed by atoms with Crippen LogP contribution in [0.25, 0.3) is 21.5 Å². The predicted octanol–water partition coefficient (Wildman–Crippen LogP) is 6.76. The number of nitrogens with zero attached hydrogens (tertiary/aromatic N) is 2. The summed E-state index contributed by atoms with van der Waals surface area (Å²) in [4.78, 5) is 10.2. The summed E-state index contributed by atoms with van der Waals surface area (Å²) >= 11 is 0. The zero-order valence-corrected chi connectivity index (χ0v) is 55.6. The van der Waals surface area contributed by atoms with E-state index in [0.717, 1.165) is 12.1 Å². The maximum Gasteiger partial charge on any atom is 0.303 e. The number of methoxy groups -OCH3 is 2. The highest BCUT2D eigenvalue weighted by molar-refractivity contribution is 7.87. The molecule has 0 aliphatic carbocycles. The van der Waals surface area contributed by atoms with Gasteiger partial charge in [-0.25, -0.2) is 0 Å². The van der Waals surface area contributed by atoms with Gasteiger partial charge < -0.3 is 47.9 Å². The lowest BCUT2D eigenvalue weighted by Crippen LogP contribution is -2.33. The molecule has 0 fully saturated rings. The Hall–Kier alpha value is -5.47. The molecule has 0 amide bonds. The van der Waals surface area contributed by atoms with Gasteiger partial charge in [0.1, 0.15) is 16.4 Å². The minimum atomic E-state index is -5.14. The summed E-state index contributed by atoms with van der Waals surface area (Å²) in [5.41, 5.74) is 0.300. The second-order valence-corrected chi connectivity index (χ2v) is 29.1. The van der Waals surface area contributed by atoms with E-state index in [0.29, 0.717) is 111 Å². The molecule has 2 atom stereocenters. The van der Waals surface area contributed by atoms with Crippen molar-refractivity contribution in [2.24, 2.45) is 0 Å². The van der Waals surface area contributed by atoms with Crippen LogP contribution in [0.4, 0.5) is 11.4 Å². The Bertz CT molecular complexity index is 4000. The highest BCUT2D eigenvalue weighted by Gasteiger charge is 2.49. The number of unbranched alkanes of at least 4 members (excludes halogenated alkanes) is 2. The summed E-state index contributed by atoms with van der Waals surface area (Å²) in [5.74, 6) is -1.66. The molecule has 4 aromatic carbocycles. The first kappa shape index (κ1) is 75.6. The topological polar surface area (TPSA) is 389 Å². The van der Waals surface area contributed by atoms with Crippen LogP contribution in [0.2, 0.25) is 0 Å². The molecule has 6 rings (SSSR count). The van der Waals surface area contributed by atoms with E-state index in [1.165, 1.54) is 12.1 Å². The van der Waals surface area contributed by atoms with Crippen molar-refractivity contribution in [1.29, 1.82) is 0 Å². The van der Waals surface area contributed by atoms with Gasteiger partial charge >= 0.3 is 5.97 Å². The maximum atomic E-state index is 12.9. The molecule has 0 saturated heterocycles. The standard InChI is InChI=1S/C60H80N2O25S5/c1-59(21-13-39-88(65,66)67)54(62(24-26-83-32-34-87-38-36-85-30-28-81-4)51-20-18-46-48(57(51)59)40-44(89(68,69)70)42-52(46)91(74,75)76)14-9-6-5-7-10-15-55-60(2,22-25-82-31-33-86-37-35-84-29-27-80-3)58-49-41-45(90(71,72)73)43-53(92(77,78)79)47(49)17-19-50(58)61(55)23-12-8-11-16-56(63)64/h5-7,9-10,14-15,17-20,40-43H,8,11-13,16,21-39H2,1-4H3,(H5-,63,64,65,66,67,68,69,70,71,72,73,74,75,76,77,78,79)/p+1. The maximum absolute atomic E-state index is 12.9. The average Bonchev–Trinajstić information content (AvgIpc) is 1.52. The zero-order chi connectivity index (χ0) is 67.5. The van der Waals surface area contributed by atoms with Gasteiger partial charge in [0.2, 0.25) is 5.69 Å². The Labute approximate surface area is 537 Å². The number of benzene rings is 4. The number of carbonyl (C=O) groups is 1. The highest BCUT2D eigenvalue weighted by atomic mass is 32.2. The fraction of sp³-hybridized carbons (Fsp3) is 0.500. The predicted molar refractivity (Wildman–Crippen MR) is 340 cm³/mol. The Kier molecular flexibility index (Phi) is 27.7. The van der Waals surface area contributed by atoms with Gasteiger partial charge in [-0.1, -0.05) is 42.9 Å². The minimum absolute atomic E-state index is 0.0150. The van der Waals surface area contributed by atoms with Crippen LogP contribution in [-0.2, 0) is 104 Å². The summed E-state index contributed by atoms with van der Waals surface area (Å²) < 4.78 is 224. The first-order valence-corrected chi connectivity index (χ1v) is 36.6. The van der Waals surface area contributed by atoms with E-state index >= 15 is 0 Å². The molecule has 4 aromatic rings. The van der Waals surface area contributed by atoms with Gasteiger partial charge in [0.15, 0.2) is 12.3 Å². The van der Waals surface area contributed by atoms with Gasteiger partial charge in [0.25, 0.3) is 50.6 Å². The lowest BCUT2D eigenvalue weighted by molar-refractivity contribution is -0.442. The molecule has 0 bridgehead atoms. The van der Waals surface area contributed by atoms with Gasteiger partial charge in [0, 0.05) is 79.1 Å². The molecule has 32 heteroatoms. The largest absolute Gasteiger partial charge is 0.481 e. The second kappa shape index (κ2) is 33.8. The van der Waals surface area contributed by atoms with E-state index in [1.54, 1.807) is 75.8 Å². The quantitative estimate of drug-likeness (QED) is 0.0115. The molecule has 92 heavy (non-hydrogen) atoms. The van der Waals surface area contributed by atoms with Crippen molar-refractivity contribution in [1.82, 2.24) is 0 Å². The second-order valence-electron chi connectivity index (χ2n) is 21.9. The Balaban J connectivity index is 1.44. The van der Waals surface area contributed by atoms with Crippen molar-refractivity contribution in [2.45, 2.75) is 89.2 Å². The first-order valence-electron chi connectivity index (χ1n) is 29.3. The molecule has 2 aliphatic rings. The Morgan fingerprint density at radius 2 is 0.989 bits per heavy atom. The Morgan fingerprint density at radius 3 is 1.49 bits per heavy atom. The van der Waals surface area contributed by atoms with Crippen LogP contribution in [0.5, 0.6) is 0 Å². The van der Waals surface area contributed by atoms with Gasteiger partial charge in [0.05, 0.1) is 100 Å². The van der Waals surface area contributed by atoms with Crippen molar-refractivity contribution in [2.75, 3.05) is 130 Å². The van der Waals surface area contributed by atoms with Crippen molar-refractivity contribution in [3.8, 4) is 0 Å². The van der Waals surface area contributed by atoms with Gasteiger partial charge in [-0.15, -0.1) is 0 Å². The van der Waals surface area contributed by atoms with E-state index in [1.807, 2.05) is 16.4 Å².